The molecule has 0 aliphatic rings. The van der Waals surface area contributed by atoms with E-state index in [9.17, 15) is 13.2 Å². The smallest absolute Gasteiger partial charge is 0.295 e. The summed E-state index contributed by atoms with van der Waals surface area (Å²) in [6, 6.07) is 3.89. The normalized spacial score (nSPS) is 10.6. The van der Waals surface area contributed by atoms with E-state index in [1.165, 1.54) is 19.1 Å². The summed E-state index contributed by atoms with van der Waals surface area (Å²) in [5.74, 6) is -0.275. The second-order valence-corrected chi connectivity index (χ2v) is 4.59. The van der Waals surface area contributed by atoms with E-state index < -0.39 is 10.1 Å². The van der Waals surface area contributed by atoms with Gasteiger partial charge >= 0.3 is 19.5 Å². The number of carbonyl (C=O) groups excluding carboxylic acids is 1. The van der Waals surface area contributed by atoms with Crippen LogP contribution >= 0.6 is 12.6 Å². The van der Waals surface area contributed by atoms with Crippen LogP contribution in [0.15, 0.2) is 28.0 Å². The molecule has 0 heterocycles. The number of Topliss-reactive ketones (excluding diaryl/α,β-unsaturated/α-hetero) is 1. The zero-order chi connectivity index (χ0) is 10.9. The molecule has 0 spiro atoms. The van der Waals surface area contributed by atoms with Gasteiger partial charge in [0, 0.05) is 10.5 Å². The first kappa shape index (κ1) is 14.8. The van der Waals surface area contributed by atoms with Crippen molar-refractivity contribution in [2.45, 2.75) is 16.7 Å². The first-order valence-electron chi connectivity index (χ1n) is 3.64. The van der Waals surface area contributed by atoms with Crippen molar-refractivity contribution in [2.75, 3.05) is 0 Å². The van der Waals surface area contributed by atoms with E-state index in [1.54, 1.807) is 0 Å². The van der Waals surface area contributed by atoms with Crippen molar-refractivity contribution in [1.82, 2.24) is 0 Å². The van der Waals surface area contributed by atoms with Crippen LogP contribution < -0.4 is 0 Å². The summed E-state index contributed by atoms with van der Waals surface area (Å²) in [5.41, 5.74) is 0.218. The first-order chi connectivity index (χ1) is 6.32. The minimum absolute atomic E-state index is 0. The number of rotatable bonds is 2. The molecular formula is C8H8O4S2Zn+2. The molecule has 0 amide bonds. The van der Waals surface area contributed by atoms with Crippen LogP contribution in [0.3, 0.4) is 0 Å². The number of carbonyl (C=O) groups is 1. The van der Waals surface area contributed by atoms with E-state index in [0.717, 1.165) is 6.07 Å². The van der Waals surface area contributed by atoms with Gasteiger partial charge < -0.3 is 0 Å². The Labute approximate surface area is 106 Å². The molecule has 0 saturated heterocycles. The van der Waals surface area contributed by atoms with Crippen molar-refractivity contribution in [3.63, 3.8) is 0 Å². The van der Waals surface area contributed by atoms with Crippen molar-refractivity contribution in [1.29, 1.82) is 0 Å². The molecule has 0 radical (unpaired) electrons. The van der Waals surface area contributed by atoms with Crippen molar-refractivity contribution in [3.05, 3.63) is 23.8 Å². The van der Waals surface area contributed by atoms with Crippen LogP contribution in [0.1, 0.15) is 17.3 Å². The van der Waals surface area contributed by atoms with Gasteiger partial charge in [-0.15, -0.1) is 12.6 Å². The van der Waals surface area contributed by atoms with Crippen LogP contribution in [0, 0.1) is 0 Å². The zero-order valence-corrected chi connectivity index (χ0v) is 12.6. The fraction of sp³-hybridized carbons (Fsp3) is 0.125. The predicted octanol–water partition coefficient (Wildman–Crippen LogP) is 1.42. The van der Waals surface area contributed by atoms with Crippen LogP contribution in [-0.2, 0) is 29.6 Å². The second kappa shape index (κ2) is 5.21. The average Bonchev–Trinajstić information content (AvgIpc) is 2.02. The quantitative estimate of drug-likeness (QED) is 0.375. The van der Waals surface area contributed by atoms with Crippen LogP contribution in [0.25, 0.3) is 0 Å². The molecular weight excluding hydrogens is 290 g/mol. The van der Waals surface area contributed by atoms with Crippen LogP contribution in [0.5, 0.6) is 0 Å². The standard InChI is InChI=1S/C8H8O4S2.Zn/c1-5(9)6-2-3-7(13)8(4-6)14(10,11)12;/h2-4,13H,1H3,(H,10,11,12);/q;+2. The molecule has 76 valence electrons. The molecule has 0 fully saturated rings. The summed E-state index contributed by atoms with van der Waals surface area (Å²) in [5, 5.41) is 0. The molecule has 0 saturated carbocycles. The SMILES string of the molecule is CC(=O)c1ccc(S)c(S(=O)(=O)O)c1.[Zn+2]. The Morgan fingerprint density at radius 2 is 1.93 bits per heavy atom. The van der Waals surface area contributed by atoms with Gasteiger partial charge in [0.15, 0.2) is 5.78 Å². The molecule has 1 aromatic rings. The molecule has 1 N–H and O–H groups in total. The number of hydrogen-bond donors (Lipinski definition) is 2. The Kier molecular flexibility index (Phi) is 5.13. The summed E-state index contributed by atoms with van der Waals surface area (Å²) < 4.78 is 30.4. The minimum atomic E-state index is -4.32. The largest absolute Gasteiger partial charge is 2.00 e. The minimum Gasteiger partial charge on any atom is -0.295 e. The van der Waals surface area contributed by atoms with Crippen LogP contribution in [0.4, 0.5) is 0 Å². The molecule has 7 heteroatoms. The van der Waals surface area contributed by atoms with Gasteiger partial charge in [-0.1, -0.05) is 6.07 Å². The molecule has 0 aliphatic heterocycles. The Hall–Kier alpha value is -0.227. The number of benzene rings is 1. The summed E-state index contributed by atoms with van der Waals surface area (Å²) in [6.07, 6.45) is 0. The third kappa shape index (κ3) is 3.68. The van der Waals surface area contributed by atoms with E-state index in [-0.39, 0.29) is 40.6 Å². The maximum atomic E-state index is 10.9. The Bertz CT molecular complexity index is 481. The number of hydrogen-bond acceptors (Lipinski definition) is 4. The fourth-order valence-electron chi connectivity index (χ4n) is 0.940. The van der Waals surface area contributed by atoms with Crippen molar-refractivity contribution < 1.29 is 37.2 Å². The van der Waals surface area contributed by atoms with Gasteiger partial charge in [-0.2, -0.15) is 8.42 Å². The molecule has 1 rings (SSSR count). The van der Waals surface area contributed by atoms with Crippen LogP contribution in [0.2, 0.25) is 0 Å². The number of ketones is 1. The summed E-state index contributed by atoms with van der Waals surface area (Å²) in [4.78, 5) is 10.7. The number of thiol groups is 1. The molecule has 0 bridgehead atoms. The Balaban J connectivity index is 0.00000196. The summed E-state index contributed by atoms with van der Waals surface area (Å²) >= 11 is 3.86. The van der Waals surface area contributed by atoms with Gasteiger partial charge in [0.1, 0.15) is 4.90 Å². The van der Waals surface area contributed by atoms with Crippen molar-refractivity contribution in [3.8, 4) is 0 Å². The maximum Gasteiger partial charge on any atom is 2.00 e. The van der Waals surface area contributed by atoms with E-state index in [1.807, 2.05) is 0 Å². The van der Waals surface area contributed by atoms with Gasteiger partial charge in [-0.3, -0.25) is 9.35 Å². The van der Waals surface area contributed by atoms with E-state index in [0.29, 0.717) is 0 Å². The predicted molar refractivity (Wildman–Crippen MR) is 53.5 cm³/mol. The summed E-state index contributed by atoms with van der Waals surface area (Å²) in [6.45, 7) is 1.31. The topological polar surface area (TPSA) is 71.4 Å². The zero-order valence-electron chi connectivity index (χ0n) is 7.97. The third-order valence-corrected chi connectivity index (χ3v) is 3.08. The van der Waals surface area contributed by atoms with Gasteiger partial charge in [0.2, 0.25) is 0 Å². The maximum absolute atomic E-state index is 10.9. The Morgan fingerprint density at radius 3 is 2.33 bits per heavy atom. The molecule has 0 unspecified atom stereocenters. The average molecular weight is 298 g/mol. The Morgan fingerprint density at radius 1 is 1.40 bits per heavy atom. The third-order valence-electron chi connectivity index (χ3n) is 1.64. The van der Waals surface area contributed by atoms with Gasteiger partial charge in [0.25, 0.3) is 10.1 Å². The van der Waals surface area contributed by atoms with Gasteiger partial charge in [0.05, 0.1) is 0 Å². The molecule has 15 heavy (non-hydrogen) atoms. The first-order valence-corrected chi connectivity index (χ1v) is 5.52. The van der Waals surface area contributed by atoms with E-state index >= 15 is 0 Å². The van der Waals surface area contributed by atoms with E-state index in [4.69, 9.17) is 4.55 Å². The van der Waals surface area contributed by atoms with E-state index in [2.05, 4.69) is 12.6 Å². The van der Waals surface area contributed by atoms with Gasteiger partial charge in [-0.05, 0) is 19.1 Å². The van der Waals surface area contributed by atoms with Crippen molar-refractivity contribution >= 4 is 28.5 Å². The monoisotopic (exact) mass is 296 g/mol. The molecule has 0 aliphatic carbocycles. The van der Waals surface area contributed by atoms with Gasteiger partial charge in [-0.25, -0.2) is 0 Å². The fourth-order valence-corrected chi connectivity index (χ4v) is 2.03. The molecule has 4 nitrogen and oxygen atoms in total. The van der Waals surface area contributed by atoms with Crippen LogP contribution in [-0.4, -0.2) is 18.8 Å². The van der Waals surface area contributed by atoms with Crippen molar-refractivity contribution in [2.24, 2.45) is 0 Å². The summed E-state index contributed by atoms with van der Waals surface area (Å²) in [7, 11) is -4.32. The molecule has 0 aromatic heterocycles. The second-order valence-electron chi connectivity index (χ2n) is 2.71. The molecule has 0 atom stereocenters. The molecule has 1 aromatic carbocycles.